The van der Waals surface area contributed by atoms with Gasteiger partial charge in [-0.3, -0.25) is 0 Å². The predicted octanol–water partition coefficient (Wildman–Crippen LogP) is 4.95. The van der Waals surface area contributed by atoms with Crippen LogP contribution in [0.15, 0.2) is 28.7 Å². The number of nitrogens with zero attached hydrogens (tertiary/aromatic N) is 2. The van der Waals surface area contributed by atoms with Gasteiger partial charge in [-0.05, 0) is 44.4 Å². The van der Waals surface area contributed by atoms with Crippen molar-refractivity contribution in [3.8, 4) is 0 Å². The Kier molecular flexibility index (Phi) is 4.62. The molecule has 1 aliphatic rings. The maximum Gasteiger partial charge on any atom is 0.229 e. The third kappa shape index (κ3) is 3.77. The molecule has 5 heteroatoms. The van der Waals surface area contributed by atoms with Gasteiger partial charge in [-0.25, -0.2) is 4.98 Å². The van der Waals surface area contributed by atoms with Gasteiger partial charge in [0.05, 0.1) is 0 Å². The van der Waals surface area contributed by atoms with Crippen LogP contribution in [0.3, 0.4) is 0 Å². The maximum atomic E-state index is 4.60. The molecule has 0 amide bonds. The third-order valence-corrected chi connectivity index (χ3v) is 4.84. The first kappa shape index (κ1) is 15.3. The molecule has 0 atom stereocenters. The zero-order valence-electron chi connectivity index (χ0n) is 13.0. The Hall–Kier alpha value is -1.62. The molecule has 116 valence electrons. The van der Waals surface area contributed by atoms with Gasteiger partial charge in [-0.2, -0.15) is 4.98 Å². The molecule has 1 heterocycles. The molecule has 0 bridgehead atoms. The number of rotatable bonds is 4. The summed E-state index contributed by atoms with van der Waals surface area (Å²) < 4.78 is 1.08. The Morgan fingerprint density at radius 2 is 1.86 bits per heavy atom. The summed E-state index contributed by atoms with van der Waals surface area (Å²) in [6.07, 6.45) is 5.09. The number of benzene rings is 1. The van der Waals surface area contributed by atoms with Crippen LogP contribution >= 0.6 is 15.9 Å². The standard InChI is InChI=1S/C17H21BrN4/c1-11-7-8-14(10-15(11)18)21-17-19-12(2)9-16(22-17)20-13-5-3-4-6-13/h7-10,13H,3-6H2,1-2H3,(H2,19,20,21,22). The second kappa shape index (κ2) is 6.65. The molecule has 1 fully saturated rings. The molecule has 0 aliphatic heterocycles. The fraction of sp³-hybridized carbons (Fsp3) is 0.412. The van der Waals surface area contributed by atoms with E-state index in [1.165, 1.54) is 31.2 Å². The van der Waals surface area contributed by atoms with Crippen molar-refractivity contribution in [2.45, 2.75) is 45.6 Å². The Labute approximate surface area is 139 Å². The van der Waals surface area contributed by atoms with Crippen molar-refractivity contribution >= 4 is 33.4 Å². The van der Waals surface area contributed by atoms with Crippen LogP contribution in [0.1, 0.15) is 36.9 Å². The zero-order chi connectivity index (χ0) is 15.5. The quantitative estimate of drug-likeness (QED) is 0.809. The fourth-order valence-electron chi connectivity index (χ4n) is 2.78. The van der Waals surface area contributed by atoms with Gasteiger partial charge in [0.15, 0.2) is 0 Å². The molecule has 1 saturated carbocycles. The fourth-order valence-corrected chi connectivity index (χ4v) is 3.16. The van der Waals surface area contributed by atoms with Crippen LogP contribution < -0.4 is 10.6 Å². The lowest BCUT2D eigenvalue weighted by Crippen LogP contribution is -2.16. The molecule has 2 aromatic rings. The molecule has 0 saturated heterocycles. The highest BCUT2D eigenvalue weighted by molar-refractivity contribution is 9.10. The largest absolute Gasteiger partial charge is 0.367 e. The molecule has 0 spiro atoms. The molecule has 2 N–H and O–H groups in total. The van der Waals surface area contributed by atoms with E-state index >= 15 is 0 Å². The van der Waals surface area contributed by atoms with Crippen molar-refractivity contribution in [3.63, 3.8) is 0 Å². The first-order valence-electron chi connectivity index (χ1n) is 7.75. The van der Waals surface area contributed by atoms with Crippen LogP contribution in [0.2, 0.25) is 0 Å². The van der Waals surface area contributed by atoms with E-state index in [0.29, 0.717) is 12.0 Å². The van der Waals surface area contributed by atoms with Crippen molar-refractivity contribution in [1.29, 1.82) is 0 Å². The van der Waals surface area contributed by atoms with Gasteiger partial charge in [0.2, 0.25) is 5.95 Å². The van der Waals surface area contributed by atoms with Crippen LogP contribution in [0.5, 0.6) is 0 Å². The van der Waals surface area contributed by atoms with E-state index < -0.39 is 0 Å². The third-order valence-electron chi connectivity index (χ3n) is 3.99. The van der Waals surface area contributed by atoms with Crippen molar-refractivity contribution in [2.75, 3.05) is 10.6 Å². The molecule has 0 unspecified atom stereocenters. The van der Waals surface area contributed by atoms with Crippen molar-refractivity contribution in [2.24, 2.45) is 0 Å². The van der Waals surface area contributed by atoms with Gasteiger partial charge in [0.1, 0.15) is 5.82 Å². The molecule has 1 aromatic heterocycles. The lowest BCUT2D eigenvalue weighted by Gasteiger charge is -2.14. The van der Waals surface area contributed by atoms with Gasteiger partial charge >= 0.3 is 0 Å². The average Bonchev–Trinajstić information content (AvgIpc) is 2.95. The Morgan fingerprint density at radius 1 is 1.09 bits per heavy atom. The Balaban J connectivity index is 1.77. The van der Waals surface area contributed by atoms with Crippen LogP contribution in [-0.4, -0.2) is 16.0 Å². The minimum atomic E-state index is 0.552. The minimum absolute atomic E-state index is 0.552. The smallest absolute Gasteiger partial charge is 0.229 e. The highest BCUT2D eigenvalue weighted by Gasteiger charge is 2.15. The van der Waals surface area contributed by atoms with Crippen LogP contribution in [0, 0.1) is 13.8 Å². The Morgan fingerprint density at radius 3 is 2.59 bits per heavy atom. The second-order valence-electron chi connectivity index (χ2n) is 5.93. The summed E-state index contributed by atoms with van der Waals surface area (Å²) >= 11 is 3.55. The number of aryl methyl sites for hydroxylation is 2. The van der Waals surface area contributed by atoms with E-state index in [-0.39, 0.29) is 0 Å². The number of hydrogen-bond donors (Lipinski definition) is 2. The lowest BCUT2D eigenvalue weighted by atomic mass is 10.2. The summed E-state index contributed by atoms with van der Waals surface area (Å²) in [7, 11) is 0. The highest BCUT2D eigenvalue weighted by Crippen LogP contribution is 2.24. The Bertz CT molecular complexity index is 666. The van der Waals surface area contributed by atoms with E-state index in [4.69, 9.17) is 0 Å². The minimum Gasteiger partial charge on any atom is -0.367 e. The van der Waals surface area contributed by atoms with E-state index in [0.717, 1.165) is 21.7 Å². The zero-order valence-corrected chi connectivity index (χ0v) is 14.6. The van der Waals surface area contributed by atoms with Gasteiger partial charge in [0, 0.05) is 28.0 Å². The van der Waals surface area contributed by atoms with Crippen molar-refractivity contribution < 1.29 is 0 Å². The first-order chi connectivity index (χ1) is 10.6. The number of hydrogen-bond acceptors (Lipinski definition) is 4. The number of aromatic nitrogens is 2. The molecule has 22 heavy (non-hydrogen) atoms. The van der Waals surface area contributed by atoms with Crippen LogP contribution in [0.25, 0.3) is 0 Å². The number of nitrogens with one attached hydrogen (secondary N) is 2. The topological polar surface area (TPSA) is 49.8 Å². The average molecular weight is 361 g/mol. The van der Waals surface area contributed by atoms with Crippen LogP contribution in [-0.2, 0) is 0 Å². The summed E-state index contributed by atoms with van der Waals surface area (Å²) in [6.45, 7) is 4.07. The van der Waals surface area contributed by atoms with E-state index in [9.17, 15) is 0 Å². The van der Waals surface area contributed by atoms with Crippen LogP contribution in [0.4, 0.5) is 17.5 Å². The normalized spacial score (nSPS) is 15.0. The van der Waals surface area contributed by atoms with Gasteiger partial charge in [0.25, 0.3) is 0 Å². The molecule has 3 rings (SSSR count). The summed E-state index contributed by atoms with van der Waals surface area (Å²) in [5, 5.41) is 6.81. The summed E-state index contributed by atoms with van der Waals surface area (Å²) in [6, 6.07) is 8.71. The second-order valence-corrected chi connectivity index (χ2v) is 6.79. The molecular weight excluding hydrogens is 340 g/mol. The monoisotopic (exact) mass is 360 g/mol. The summed E-state index contributed by atoms with van der Waals surface area (Å²) in [4.78, 5) is 9.07. The molecule has 1 aromatic carbocycles. The van der Waals surface area contributed by atoms with Crippen molar-refractivity contribution in [1.82, 2.24) is 9.97 Å². The van der Waals surface area contributed by atoms with E-state index in [2.05, 4.69) is 49.5 Å². The van der Waals surface area contributed by atoms with Crippen molar-refractivity contribution in [3.05, 3.63) is 40.0 Å². The molecule has 4 nitrogen and oxygen atoms in total. The summed E-state index contributed by atoms with van der Waals surface area (Å²) in [5.74, 6) is 1.55. The lowest BCUT2D eigenvalue weighted by molar-refractivity contribution is 0.749. The van der Waals surface area contributed by atoms with Gasteiger partial charge in [-0.1, -0.05) is 34.8 Å². The number of anilines is 3. The molecule has 1 aliphatic carbocycles. The number of halogens is 1. The summed E-state index contributed by atoms with van der Waals surface area (Å²) in [5.41, 5.74) is 3.15. The van der Waals surface area contributed by atoms with Gasteiger partial charge in [-0.15, -0.1) is 0 Å². The first-order valence-corrected chi connectivity index (χ1v) is 8.55. The SMILES string of the molecule is Cc1cc(NC2CCCC2)nc(Nc2ccc(C)c(Br)c2)n1. The van der Waals surface area contributed by atoms with E-state index in [1.807, 2.05) is 25.1 Å². The predicted molar refractivity (Wildman–Crippen MR) is 94.8 cm³/mol. The van der Waals surface area contributed by atoms with E-state index in [1.54, 1.807) is 0 Å². The molecule has 0 radical (unpaired) electrons. The van der Waals surface area contributed by atoms with Gasteiger partial charge < -0.3 is 10.6 Å². The maximum absolute atomic E-state index is 4.60. The highest BCUT2D eigenvalue weighted by atomic mass is 79.9. The molecular formula is C17H21BrN4.